The van der Waals surface area contributed by atoms with Crippen molar-refractivity contribution in [3.05, 3.63) is 72.4 Å². The fourth-order valence-electron chi connectivity index (χ4n) is 5.23. The third kappa shape index (κ3) is 8.83. The highest BCUT2D eigenvalue weighted by Crippen LogP contribution is 2.37. The van der Waals surface area contributed by atoms with Gasteiger partial charge in [-0.2, -0.15) is 0 Å². The largest absolute Gasteiger partial charge is 0.389 e. The summed E-state index contributed by atoms with van der Waals surface area (Å²) in [5.74, 6) is 1.23. The highest BCUT2D eigenvalue weighted by atomic mass is 16.3. The molecule has 3 nitrogen and oxygen atoms in total. The number of nitrogens with zero attached hydrogens (tertiary/aromatic N) is 2. The van der Waals surface area contributed by atoms with E-state index in [1.807, 2.05) is 12.2 Å². The third-order valence-electron chi connectivity index (χ3n) is 7.66. The number of piperazine rings is 1. The molecule has 2 rings (SSSR count). The quantitative estimate of drug-likeness (QED) is 0.319. The van der Waals surface area contributed by atoms with E-state index in [0.29, 0.717) is 11.8 Å². The maximum absolute atomic E-state index is 11.9. The Morgan fingerprint density at radius 2 is 1.59 bits per heavy atom. The Hall–Kier alpha value is -1.68. The average Bonchev–Trinajstić information content (AvgIpc) is 2.82. The van der Waals surface area contributed by atoms with Crippen molar-refractivity contribution in [1.29, 1.82) is 0 Å². The van der Waals surface area contributed by atoms with Gasteiger partial charge in [-0.15, -0.1) is 0 Å². The van der Waals surface area contributed by atoms with E-state index in [2.05, 4.69) is 87.5 Å². The van der Waals surface area contributed by atoms with E-state index in [-0.39, 0.29) is 5.92 Å². The van der Waals surface area contributed by atoms with E-state index in [9.17, 15) is 5.11 Å². The Morgan fingerprint density at radius 3 is 2.15 bits per heavy atom. The predicted octanol–water partition coefficient (Wildman–Crippen LogP) is 6.46. The molecule has 1 saturated heterocycles. The van der Waals surface area contributed by atoms with Crippen molar-refractivity contribution in [3.8, 4) is 0 Å². The summed E-state index contributed by atoms with van der Waals surface area (Å²) in [4.78, 5) is 4.96. The molecule has 1 aromatic rings. The Bertz CT molecular complexity index is 752. The molecule has 0 saturated carbocycles. The van der Waals surface area contributed by atoms with Crippen LogP contribution in [0.15, 0.2) is 61.2 Å². The van der Waals surface area contributed by atoms with Crippen molar-refractivity contribution >= 4 is 0 Å². The zero-order valence-corrected chi connectivity index (χ0v) is 22.5. The number of benzene rings is 1. The normalized spacial score (nSPS) is 19.0. The summed E-state index contributed by atoms with van der Waals surface area (Å²) in [6.45, 7) is 18.1. The highest BCUT2D eigenvalue weighted by Gasteiger charge is 2.37. The standard InChI is InChI=1S/C31H50N2O/c1-7-10-11-12-13-26(4)27(5)24-28-14-16-29(17-15-28)30(31(34,18-8-2)19-9-3)25-33-22-20-32(6)21-23-33/h7,10-17,26-27,30,34H,1,8-9,18-25H2,2-6H3/b11-10-,13-12-. The molecular weight excluding hydrogens is 416 g/mol. The summed E-state index contributed by atoms with van der Waals surface area (Å²) in [5.41, 5.74) is 2.04. The fraction of sp³-hybridized carbons (Fsp3) is 0.613. The molecule has 190 valence electrons. The van der Waals surface area contributed by atoms with Crippen molar-refractivity contribution in [2.75, 3.05) is 39.8 Å². The molecule has 1 aliphatic heterocycles. The smallest absolute Gasteiger partial charge is 0.0728 e. The van der Waals surface area contributed by atoms with Gasteiger partial charge in [-0.1, -0.05) is 102 Å². The lowest BCUT2D eigenvalue weighted by molar-refractivity contribution is -0.0199. The molecule has 1 aromatic carbocycles. The van der Waals surface area contributed by atoms with Crippen LogP contribution in [0.5, 0.6) is 0 Å². The van der Waals surface area contributed by atoms with Crippen LogP contribution in [0.1, 0.15) is 70.4 Å². The summed E-state index contributed by atoms with van der Waals surface area (Å²) < 4.78 is 0. The Morgan fingerprint density at radius 1 is 0.971 bits per heavy atom. The van der Waals surface area contributed by atoms with Crippen molar-refractivity contribution < 1.29 is 5.11 Å². The van der Waals surface area contributed by atoms with Gasteiger partial charge in [-0.25, -0.2) is 0 Å². The monoisotopic (exact) mass is 466 g/mol. The molecule has 0 amide bonds. The molecule has 0 bridgehead atoms. The van der Waals surface area contributed by atoms with Crippen LogP contribution in [-0.4, -0.2) is 60.3 Å². The zero-order chi connectivity index (χ0) is 25.0. The minimum absolute atomic E-state index is 0.154. The average molecular weight is 467 g/mol. The van der Waals surface area contributed by atoms with Crippen LogP contribution in [0, 0.1) is 11.8 Å². The molecule has 3 heteroatoms. The highest BCUT2D eigenvalue weighted by molar-refractivity contribution is 5.29. The minimum atomic E-state index is -0.639. The Kier molecular flexibility index (Phi) is 12.3. The number of rotatable bonds is 14. The molecule has 34 heavy (non-hydrogen) atoms. The number of hydrogen-bond donors (Lipinski definition) is 1. The molecule has 0 spiro atoms. The van der Waals surface area contributed by atoms with Gasteiger partial charge in [0.15, 0.2) is 0 Å². The van der Waals surface area contributed by atoms with Gasteiger partial charge in [-0.05, 0) is 49.3 Å². The van der Waals surface area contributed by atoms with Crippen LogP contribution in [0.3, 0.4) is 0 Å². The number of likely N-dealkylation sites (N-methyl/N-ethyl adjacent to an activating group) is 1. The Labute approximate surface area is 210 Å². The van der Waals surface area contributed by atoms with Crippen LogP contribution in [0.25, 0.3) is 0 Å². The van der Waals surface area contributed by atoms with Crippen molar-refractivity contribution in [3.63, 3.8) is 0 Å². The summed E-state index contributed by atoms with van der Waals surface area (Å²) in [7, 11) is 2.20. The molecular formula is C31H50N2O. The maximum atomic E-state index is 11.9. The van der Waals surface area contributed by atoms with Crippen molar-refractivity contribution in [1.82, 2.24) is 9.80 Å². The van der Waals surface area contributed by atoms with Gasteiger partial charge < -0.3 is 14.9 Å². The molecule has 0 radical (unpaired) electrons. The molecule has 1 fully saturated rings. The van der Waals surface area contributed by atoms with Crippen LogP contribution >= 0.6 is 0 Å². The van der Waals surface area contributed by atoms with Gasteiger partial charge in [-0.3, -0.25) is 0 Å². The molecule has 0 aromatic heterocycles. The topological polar surface area (TPSA) is 26.7 Å². The van der Waals surface area contributed by atoms with Gasteiger partial charge in [0.25, 0.3) is 0 Å². The van der Waals surface area contributed by atoms with E-state index in [0.717, 1.165) is 64.8 Å². The lowest BCUT2D eigenvalue weighted by Gasteiger charge is -2.41. The summed E-state index contributed by atoms with van der Waals surface area (Å²) in [5, 5.41) is 11.9. The van der Waals surface area contributed by atoms with Gasteiger partial charge in [0, 0.05) is 38.6 Å². The first-order valence-electron chi connectivity index (χ1n) is 13.5. The van der Waals surface area contributed by atoms with Gasteiger partial charge in [0.2, 0.25) is 0 Å². The van der Waals surface area contributed by atoms with Crippen LogP contribution in [0.4, 0.5) is 0 Å². The van der Waals surface area contributed by atoms with Gasteiger partial charge >= 0.3 is 0 Å². The maximum Gasteiger partial charge on any atom is 0.0728 e. The van der Waals surface area contributed by atoms with E-state index in [4.69, 9.17) is 0 Å². The zero-order valence-electron chi connectivity index (χ0n) is 22.5. The SMILES string of the molecule is C=C/C=C\C=C/C(C)C(C)Cc1ccc(C(CN2CCN(C)CC2)C(O)(CCC)CCC)cc1. The molecule has 1 aliphatic rings. The lowest BCUT2D eigenvalue weighted by atomic mass is 9.75. The first-order valence-corrected chi connectivity index (χ1v) is 13.5. The Balaban J connectivity index is 2.16. The molecule has 3 atom stereocenters. The van der Waals surface area contributed by atoms with Crippen LogP contribution in [0.2, 0.25) is 0 Å². The number of hydrogen-bond acceptors (Lipinski definition) is 3. The second-order valence-electron chi connectivity index (χ2n) is 10.5. The fourth-order valence-corrected chi connectivity index (χ4v) is 5.23. The predicted molar refractivity (Wildman–Crippen MR) is 148 cm³/mol. The number of allylic oxidation sites excluding steroid dienone is 5. The first-order chi connectivity index (χ1) is 16.3. The second-order valence-corrected chi connectivity index (χ2v) is 10.5. The summed E-state index contributed by atoms with van der Waals surface area (Å²) in [6.07, 6.45) is 15.0. The van der Waals surface area contributed by atoms with Crippen molar-refractivity contribution in [2.45, 2.75) is 71.3 Å². The van der Waals surface area contributed by atoms with E-state index < -0.39 is 5.60 Å². The third-order valence-corrected chi connectivity index (χ3v) is 7.66. The second kappa shape index (κ2) is 14.7. The number of aliphatic hydroxyl groups is 1. The summed E-state index contributed by atoms with van der Waals surface area (Å²) >= 11 is 0. The summed E-state index contributed by atoms with van der Waals surface area (Å²) in [6, 6.07) is 9.20. The van der Waals surface area contributed by atoms with E-state index in [1.165, 1.54) is 11.1 Å². The first kappa shape index (κ1) is 28.6. The lowest BCUT2D eigenvalue weighted by Crippen LogP contribution is -2.49. The molecule has 0 aliphatic carbocycles. The molecule has 1 heterocycles. The van der Waals surface area contributed by atoms with Gasteiger partial charge in [0.1, 0.15) is 0 Å². The van der Waals surface area contributed by atoms with E-state index >= 15 is 0 Å². The van der Waals surface area contributed by atoms with Crippen LogP contribution in [-0.2, 0) is 6.42 Å². The minimum Gasteiger partial charge on any atom is -0.389 e. The van der Waals surface area contributed by atoms with Crippen LogP contribution < -0.4 is 0 Å². The van der Waals surface area contributed by atoms with Gasteiger partial charge in [0.05, 0.1) is 5.60 Å². The molecule has 1 N–H and O–H groups in total. The van der Waals surface area contributed by atoms with Crippen molar-refractivity contribution in [2.24, 2.45) is 11.8 Å². The van der Waals surface area contributed by atoms with E-state index in [1.54, 1.807) is 6.08 Å². The molecule has 3 unspecified atom stereocenters.